The predicted octanol–water partition coefficient (Wildman–Crippen LogP) is 15.3. The van der Waals surface area contributed by atoms with Gasteiger partial charge in [-0.05, 0) is 83.5 Å². The van der Waals surface area contributed by atoms with E-state index in [-0.39, 0.29) is 31.1 Å². The van der Waals surface area contributed by atoms with Gasteiger partial charge in [0.25, 0.3) is 0 Å². The van der Waals surface area contributed by atoms with E-state index in [0.717, 1.165) is 103 Å². The minimum Gasteiger partial charge on any atom is -0.462 e. The van der Waals surface area contributed by atoms with Gasteiger partial charge in [-0.25, -0.2) is 0 Å². The molecule has 0 radical (unpaired) electrons. The van der Waals surface area contributed by atoms with Crippen LogP contribution in [0.25, 0.3) is 0 Å². The average Bonchev–Trinajstić information content (AvgIpc) is 3.22. The van der Waals surface area contributed by atoms with Crippen LogP contribution in [0, 0.1) is 0 Å². The van der Waals surface area contributed by atoms with Gasteiger partial charge >= 0.3 is 17.9 Å². The number of esters is 3. The lowest BCUT2D eigenvalue weighted by atomic mass is 10.1. The van der Waals surface area contributed by atoms with Crippen LogP contribution in [-0.2, 0) is 28.6 Å². The van der Waals surface area contributed by atoms with Gasteiger partial charge in [-0.3, -0.25) is 14.4 Å². The van der Waals surface area contributed by atoms with Gasteiger partial charge in [0, 0.05) is 19.3 Å². The summed E-state index contributed by atoms with van der Waals surface area (Å²) < 4.78 is 16.6. The van der Waals surface area contributed by atoms with Crippen LogP contribution in [0.3, 0.4) is 0 Å². The molecule has 6 nitrogen and oxygen atoms in total. The lowest BCUT2D eigenvalue weighted by molar-refractivity contribution is -0.167. The molecule has 6 heteroatoms. The summed E-state index contributed by atoms with van der Waals surface area (Å²) in [5, 5.41) is 0. The monoisotopic (exact) mass is 807 g/mol. The number of allylic oxidation sites excluding steroid dienone is 14. The molecular weight excluding hydrogens is 721 g/mol. The molecular formula is C52H86O6. The summed E-state index contributed by atoms with van der Waals surface area (Å²) in [5.74, 6) is -0.988. The molecule has 0 N–H and O–H groups in total. The van der Waals surface area contributed by atoms with Crippen molar-refractivity contribution in [1.29, 1.82) is 0 Å². The Morgan fingerprint density at radius 3 is 1.17 bits per heavy atom. The Hall–Kier alpha value is -3.41. The Bertz CT molecular complexity index is 1160. The fourth-order valence-corrected chi connectivity index (χ4v) is 6.15. The van der Waals surface area contributed by atoms with Crippen LogP contribution in [0.5, 0.6) is 0 Å². The first-order valence-electron chi connectivity index (χ1n) is 23.7. The summed E-state index contributed by atoms with van der Waals surface area (Å²) in [7, 11) is 0. The number of hydrogen-bond acceptors (Lipinski definition) is 6. The highest BCUT2D eigenvalue weighted by Gasteiger charge is 2.19. The van der Waals surface area contributed by atoms with Crippen LogP contribution in [0.2, 0.25) is 0 Å². The maximum Gasteiger partial charge on any atom is 0.306 e. The molecule has 0 amide bonds. The molecule has 1 unspecified atom stereocenters. The Kier molecular flexibility index (Phi) is 43.6. The molecule has 0 aromatic rings. The van der Waals surface area contributed by atoms with E-state index in [1.54, 1.807) is 0 Å². The molecule has 0 fully saturated rings. The van der Waals surface area contributed by atoms with Gasteiger partial charge in [-0.1, -0.05) is 189 Å². The Morgan fingerprint density at radius 2 is 0.707 bits per heavy atom. The van der Waals surface area contributed by atoms with E-state index < -0.39 is 6.10 Å². The molecule has 0 spiro atoms. The summed E-state index contributed by atoms with van der Waals surface area (Å²) in [6, 6.07) is 0. The number of ether oxygens (including phenoxy) is 3. The second-order valence-corrected chi connectivity index (χ2v) is 15.4. The van der Waals surface area contributed by atoms with Crippen molar-refractivity contribution in [2.75, 3.05) is 13.2 Å². The van der Waals surface area contributed by atoms with Crippen LogP contribution in [0.4, 0.5) is 0 Å². The first-order chi connectivity index (χ1) is 28.5. The number of hydrogen-bond donors (Lipinski definition) is 0. The zero-order chi connectivity index (χ0) is 42.3. The fraction of sp³-hybridized carbons (Fsp3) is 0.673. The van der Waals surface area contributed by atoms with Crippen molar-refractivity contribution in [3.63, 3.8) is 0 Å². The van der Waals surface area contributed by atoms with E-state index in [1.165, 1.54) is 57.8 Å². The molecule has 0 heterocycles. The molecule has 0 saturated heterocycles. The Balaban J connectivity index is 4.44. The molecule has 0 aromatic carbocycles. The summed E-state index contributed by atoms with van der Waals surface area (Å²) in [6.45, 7) is 6.37. The van der Waals surface area contributed by atoms with Gasteiger partial charge in [0.2, 0.25) is 0 Å². The number of rotatable bonds is 41. The van der Waals surface area contributed by atoms with E-state index >= 15 is 0 Å². The van der Waals surface area contributed by atoms with Crippen molar-refractivity contribution in [3.8, 4) is 0 Å². The Labute approximate surface area is 356 Å². The second kappa shape index (κ2) is 46.3. The van der Waals surface area contributed by atoms with Crippen molar-refractivity contribution < 1.29 is 28.6 Å². The third kappa shape index (κ3) is 43.7. The molecule has 0 aromatic heterocycles. The van der Waals surface area contributed by atoms with Crippen LogP contribution < -0.4 is 0 Å². The van der Waals surface area contributed by atoms with Crippen molar-refractivity contribution in [2.45, 2.75) is 213 Å². The molecule has 58 heavy (non-hydrogen) atoms. The first kappa shape index (κ1) is 54.6. The third-order valence-corrected chi connectivity index (χ3v) is 9.73. The molecule has 0 aliphatic rings. The van der Waals surface area contributed by atoms with Crippen molar-refractivity contribution in [1.82, 2.24) is 0 Å². The normalized spacial score (nSPS) is 12.8. The zero-order valence-corrected chi connectivity index (χ0v) is 37.5. The predicted molar refractivity (Wildman–Crippen MR) is 247 cm³/mol. The maximum atomic E-state index is 12.7. The highest BCUT2D eigenvalue weighted by molar-refractivity contribution is 5.71. The molecule has 0 bridgehead atoms. The summed E-state index contributed by atoms with van der Waals surface area (Å²) in [5.41, 5.74) is 0. The number of carbonyl (C=O) groups is 3. The van der Waals surface area contributed by atoms with Gasteiger partial charge in [0.1, 0.15) is 13.2 Å². The highest BCUT2D eigenvalue weighted by atomic mass is 16.6. The lowest BCUT2D eigenvalue weighted by Gasteiger charge is -2.18. The molecule has 0 rings (SSSR count). The van der Waals surface area contributed by atoms with Gasteiger partial charge in [-0.15, -0.1) is 0 Å². The maximum absolute atomic E-state index is 12.7. The lowest BCUT2D eigenvalue weighted by Crippen LogP contribution is -2.30. The SMILES string of the molecule is CC\C=C/C=C\C=C/CCCCCCCC(=O)OC(COC(=O)CCC/C=C\CCCCCC)COC(=O)CCCCCCC\C=C/C=C\C=C/CCCCCCC. The molecule has 0 aliphatic heterocycles. The van der Waals surface area contributed by atoms with E-state index in [1.807, 2.05) is 6.08 Å². The second-order valence-electron chi connectivity index (χ2n) is 15.4. The van der Waals surface area contributed by atoms with Gasteiger partial charge in [-0.2, -0.15) is 0 Å². The quantitative estimate of drug-likeness (QED) is 0.0201. The van der Waals surface area contributed by atoms with Crippen LogP contribution in [-0.4, -0.2) is 37.2 Å². The van der Waals surface area contributed by atoms with Crippen LogP contribution in [0.15, 0.2) is 85.1 Å². The van der Waals surface area contributed by atoms with E-state index in [9.17, 15) is 14.4 Å². The number of carbonyl (C=O) groups excluding carboxylic acids is 3. The minimum atomic E-state index is -0.805. The van der Waals surface area contributed by atoms with Crippen LogP contribution in [0.1, 0.15) is 207 Å². The molecule has 0 aliphatic carbocycles. The Morgan fingerprint density at radius 1 is 0.362 bits per heavy atom. The number of unbranched alkanes of at least 4 members (excludes halogenated alkanes) is 20. The highest BCUT2D eigenvalue weighted by Crippen LogP contribution is 2.12. The summed E-state index contributed by atoms with van der Waals surface area (Å²) in [6.07, 6.45) is 58.6. The van der Waals surface area contributed by atoms with Crippen molar-refractivity contribution >= 4 is 17.9 Å². The van der Waals surface area contributed by atoms with Gasteiger partial charge in [0.15, 0.2) is 6.10 Å². The minimum absolute atomic E-state index is 0.105. The third-order valence-electron chi connectivity index (χ3n) is 9.73. The average molecular weight is 807 g/mol. The fourth-order valence-electron chi connectivity index (χ4n) is 6.15. The summed E-state index contributed by atoms with van der Waals surface area (Å²) in [4.78, 5) is 37.7. The smallest absolute Gasteiger partial charge is 0.306 e. The van der Waals surface area contributed by atoms with Crippen molar-refractivity contribution in [2.24, 2.45) is 0 Å². The van der Waals surface area contributed by atoms with Crippen molar-refractivity contribution in [3.05, 3.63) is 85.1 Å². The van der Waals surface area contributed by atoms with Gasteiger partial charge in [0.05, 0.1) is 0 Å². The zero-order valence-electron chi connectivity index (χ0n) is 37.5. The molecule has 1 atom stereocenters. The van der Waals surface area contributed by atoms with Crippen LogP contribution >= 0.6 is 0 Å². The first-order valence-corrected chi connectivity index (χ1v) is 23.7. The molecule has 330 valence electrons. The van der Waals surface area contributed by atoms with Gasteiger partial charge < -0.3 is 14.2 Å². The van der Waals surface area contributed by atoms with E-state index in [0.29, 0.717) is 25.7 Å². The largest absolute Gasteiger partial charge is 0.462 e. The topological polar surface area (TPSA) is 78.9 Å². The van der Waals surface area contributed by atoms with E-state index in [2.05, 4.69) is 99.8 Å². The summed E-state index contributed by atoms with van der Waals surface area (Å²) >= 11 is 0. The standard InChI is InChI=1S/C52H86O6/c1-4-7-10-13-16-19-21-23-24-25-26-27-29-30-33-36-39-42-45-51(54)57-48-49(47-56-50(53)44-41-38-35-32-18-15-12-9-6-3)58-52(55)46-43-40-37-34-31-28-22-20-17-14-11-8-5-2/h8,11,14,17,20-27,32,35,49H,4-7,9-10,12-13,15-16,18-19,28-31,33-34,36-48H2,1-3H3/b11-8-,17-14-,22-20-,23-21-,25-24-,27-26-,35-32-. The van der Waals surface area contributed by atoms with E-state index in [4.69, 9.17) is 14.2 Å². The molecule has 0 saturated carbocycles.